The molecule has 0 bridgehead atoms. The Bertz CT molecular complexity index is 577. The van der Waals surface area contributed by atoms with Gasteiger partial charge in [-0.25, -0.2) is 0 Å². The summed E-state index contributed by atoms with van der Waals surface area (Å²) in [4.78, 5) is 14.9. The van der Waals surface area contributed by atoms with Gasteiger partial charge in [0, 0.05) is 25.0 Å². The summed E-state index contributed by atoms with van der Waals surface area (Å²) < 4.78 is 0. The highest BCUT2D eigenvalue weighted by atomic mass is 32.1. The summed E-state index contributed by atoms with van der Waals surface area (Å²) in [5.74, 6) is -0.0312. The summed E-state index contributed by atoms with van der Waals surface area (Å²) in [7, 11) is 2.09. The minimum atomic E-state index is -0.0312. The van der Waals surface area contributed by atoms with Crippen LogP contribution in [0.15, 0.2) is 35.7 Å². The highest BCUT2D eigenvalue weighted by molar-refractivity contribution is 7.12. The van der Waals surface area contributed by atoms with Crippen LogP contribution in [-0.2, 0) is 6.42 Å². The van der Waals surface area contributed by atoms with E-state index in [4.69, 9.17) is 0 Å². The zero-order valence-corrected chi connectivity index (χ0v) is 11.0. The molecule has 0 atom stereocenters. The van der Waals surface area contributed by atoms with Gasteiger partial charge >= 0.3 is 0 Å². The fraction of sp³-hybridized carbons (Fsp3) is 0.214. The minimum Gasteiger partial charge on any atom is -0.374 e. The van der Waals surface area contributed by atoms with E-state index >= 15 is 0 Å². The molecule has 18 heavy (non-hydrogen) atoms. The molecule has 1 aromatic carbocycles. The molecule has 1 N–H and O–H groups in total. The van der Waals surface area contributed by atoms with Crippen molar-refractivity contribution in [2.24, 2.45) is 0 Å². The van der Waals surface area contributed by atoms with Gasteiger partial charge in [0.05, 0.1) is 4.88 Å². The maximum atomic E-state index is 11.9. The number of anilines is 2. The molecule has 1 aliphatic rings. The molecule has 92 valence electrons. The lowest BCUT2D eigenvalue weighted by atomic mass is 10.1. The number of carbonyl (C=O) groups is 1. The Morgan fingerprint density at radius 2 is 2.28 bits per heavy atom. The highest BCUT2D eigenvalue weighted by Gasteiger charge is 2.16. The molecule has 0 saturated heterocycles. The Morgan fingerprint density at radius 1 is 1.39 bits per heavy atom. The van der Waals surface area contributed by atoms with Gasteiger partial charge in [-0.05, 0) is 41.6 Å². The van der Waals surface area contributed by atoms with E-state index in [1.54, 1.807) is 0 Å². The van der Waals surface area contributed by atoms with Crippen molar-refractivity contribution in [2.75, 3.05) is 23.8 Å². The van der Waals surface area contributed by atoms with Crippen LogP contribution >= 0.6 is 11.3 Å². The number of amides is 1. The second-order valence-corrected chi connectivity index (χ2v) is 5.39. The summed E-state index contributed by atoms with van der Waals surface area (Å²) in [5.41, 5.74) is 3.45. The number of likely N-dealkylation sites (N-methyl/N-ethyl adjacent to an activating group) is 1. The zero-order chi connectivity index (χ0) is 12.5. The number of hydrogen-bond acceptors (Lipinski definition) is 3. The Balaban J connectivity index is 1.80. The lowest BCUT2D eigenvalue weighted by Crippen LogP contribution is -2.12. The van der Waals surface area contributed by atoms with Crippen LogP contribution in [-0.4, -0.2) is 19.5 Å². The van der Waals surface area contributed by atoms with Crippen molar-refractivity contribution < 1.29 is 4.79 Å². The van der Waals surface area contributed by atoms with Gasteiger partial charge < -0.3 is 10.2 Å². The van der Waals surface area contributed by atoms with Crippen LogP contribution in [0.25, 0.3) is 0 Å². The SMILES string of the molecule is CN1CCc2cc(NC(=O)c3cccs3)ccc21. The van der Waals surface area contributed by atoms with E-state index in [9.17, 15) is 4.79 Å². The van der Waals surface area contributed by atoms with E-state index in [2.05, 4.69) is 29.4 Å². The third-order valence-electron chi connectivity index (χ3n) is 3.21. The lowest BCUT2D eigenvalue weighted by Gasteiger charge is -2.12. The molecule has 2 heterocycles. The minimum absolute atomic E-state index is 0.0312. The number of nitrogens with one attached hydrogen (secondary N) is 1. The number of nitrogens with zero attached hydrogens (tertiary/aromatic N) is 1. The number of thiophene rings is 1. The van der Waals surface area contributed by atoms with Crippen molar-refractivity contribution in [3.63, 3.8) is 0 Å². The Labute approximate surface area is 110 Å². The summed E-state index contributed by atoms with van der Waals surface area (Å²) in [6.07, 6.45) is 1.05. The van der Waals surface area contributed by atoms with Gasteiger partial charge in [-0.3, -0.25) is 4.79 Å². The number of fused-ring (bicyclic) bond motifs is 1. The Kier molecular flexibility index (Phi) is 2.80. The predicted octanol–water partition coefficient (Wildman–Crippen LogP) is 2.99. The third kappa shape index (κ3) is 1.99. The van der Waals surface area contributed by atoms with Crippen molar-refractivity contribution in [3.05, 3.63) is 46.2 Å². The fourth-order valence-electron chi connectivity index (χ4n) is 2.24. The van der Waals surface area contributed by atoms with Crippen LogP contribution in [0.3, 0.4) is 0 Å². The smallest absolute Gasteiger partial charge is 0.265 e. The van der Waals surface area contributed by atoms with Gasteiger partial charge in [-0.15, -0.1) is 11.3 Å². The first-order valence-electron chi connectivity index (χ1n) is 5.93. The van der Waals surface area contributed by atoms with Crippen LogP contribution in [0.2, 0.25) is 0 Å². The molecule has 4 heteroatoms. The molecule has 3 nitrogen and oxygen atoms in total. The topological polar surface area (TPSA) is 32.3 Å². The maximum Gasteiger partial charge on any atom is 0.265 e. The van der Waals surface area contributed by atoms with Crippen molar-refractivity contribution in [3.8, 4) is 0 Å². The van der Waals surface area contributed by atoms with Gasteiger partial charge in [0.25, 0.3) is 5.91 Å². The molecule has 2 aromatic rings. The molecule has 0 fully saturated rings. The molecule has 1 aliphatic heterocycles. The van der Waals surface area contributed by atoms with Crippen LogP contribution in [0.1, 0.15) is 15.2 Å². The first-order chi connectivity index (χ1) is 8.74. The Hall–Kier alpha value is -1.81. The number of benzene rings is 1. The normalized spacial score (nSPS) is 13.5. The second kappa shape index (κ2) is 4.46. The molecule has 0 aliphatic carbocycles. The van der Waals surface area contributed by atoms with Crippen molar-refractivity contribution in [1.82, 2.24) is 0 Å². The largest absolute Gasteiger partial charge is 0.374 e. The summed E-state index contributed by atoms with van der Waals surface area (Å²) in [6, 6.07) is 9.83. The van der Waals surface area contributed by atoms with Gasteiger partial charge in [0.1, 0.15) is 0 Å². The van der Waals surface area contributed by atoms with Crippen LogP contribution in [0.5, 0.6) is 0 Å². The monoisotopic (exact) mass is 258 g/mol. The van der Waals surface area contributed by atoms with Gasteiger partial charge in [-0.1, -0.05) is 6.07 Å². The number of hydrogen-bond donors (Lipinski definition) is 1. The standard InChI is InChI=1S/C14H14N2OS/c1-16-7-6-10-9-11(4-5-12(10)16)15-14(17)13-3-2-8-18-13/h2-5,8-9H,6-7H2,1H3,(H,15,17). The van der Waals surface area contributed by atoms with Crippen molar-refractivity contribution in [2.45, 2.75) is 6.42 Å². The summed E-state index contributed by atoms with van der Waals surface area (Å²) >= 11 is 1.46. The maximum absolute atomic E-state index is 11.9. The molecule has 0 radical (unpaired) electrons. The summed E-state index contributed by atoms with van der Waals surface area (Å²) in [6.45, 7) is 1.05. The summed E-state index contributed by atoms with van der Waals surface area (Å²) in [5, 5.41) is 4.85. The Morgan fingerprint density at radius 3 is 3.06 bits per heavy atom. The van der Waals surface area contributed by atoms with Crippen LogP contribution in [0, 0.1) is 0 Å². The molecular weight excluding hydrogens is 244 g/mol. The van der Waals surface area contributed by atoms with Gasteiger partial charge in [-0.2, -0.15) is 0 Å². The first-order valence-corrected chi connectivity index (χ1v) is 6.81. The van der Waals surface area contributed by atoms with E-state index in [1.165, 1.54) is 22.6 Å². The van der Waals surface area contributed by atoms with E-state index in [1.807, 2.05) is 23.6 Å². The molecule has 1 amide bonds. The van der Waals surface area contributed by atoms with Crippen LogP contribution in [0.4, 0.5) is 11.4 Å². The van der Waals surface area contributed by atoms with Gasteiger partial charge in [0.15, 0.2) is 0 Å². The highest BCUT2D eigenvalue weighted by Crippen LogP contribution is 2.29. The number of carbonyl (C=O) groups excluding carboxylic acids is 1. The average molecular weight is 258 g/mol. The van der Waals surface area contributed by atoms with E-state index in [-0.39, 0.29) is 5.91 Å². The van der Waals surface area contributed by atoms with Gasteiger partial charge in [0.2, 0.25) is 0 Å². The van der Waals surface area contributed by atoms with Crippen molar-refractivity contribution >= 4 is 28.6 Å². The first kappa shape index (κ1) is 11.3. The van der Waals surface area contributed by atoms with E-state index in [0.717, 1.165) is 23.5 Å². The van der Waals surface area contributed by atoms with Crippen LogP contribution < -0.4 is 10.2 Å². The van der Waals surface area contributed by atoms with E-state index in [0.29, 0.717) is 0 Å². The number of rotatable bonds is 2. The third-order valence-corrected chi connectivity index (χ3v) is 4.08. The molecule has 1 aromatic heterocycles. The molecule has 0 spiro atoms. The van der Waals surface area contributed by atoms with E-state index < -0.39 is 0 Å². The fourth-order valence-corrected chi connectivity index (χ4v) is 2.86. The second-order valence-electron chi connectivity index (χ2n) is 4.45. The van der Waals surface area contributed by atoms with Crippen molar-refractivity contribution in [1.29, 1.82) is 0 Å². The lowest BCUT2D eigenvalue weighted by molar-refractivity contribution is 0.103. The predicted molar refractivity (Wildman–Crippen MR) is 75.7 cm³/mol. The molecular formula is C14H14N2OS. The molecule has 3 rings (SSSR count). The zero-order valence-electron chi connectivity index (χ0n) is 10.1. The molecule has 0 saturated carbocycles. The quantitative estimate of drug-likeness (QED) is 0.898. The molecule has 0 unspecified atom stereocenters. The average Bonchev–Trinajstić information content (AvgIpc) is 2.99.